The molecule has 4 heteroatoms. The maximum atomic E-state index is 9.44. The Balaban J connectivity index is 2.95. The van der Waals surface area contributed by atoms with Crippen LogP contribution in [0.5, 0.6) is 5.75 Å². The Bertz CT molecular complexity index is 291. The Morgan fingerprint density at radius 1 is 1.62 bits per heavy atom. The molecule has 2 nitrogen and oxygen atoms in total. The van der Waals surface area contributed by atoms with Crippen LogP contribution in [0.2, 0.25) is 5.02 Å². The van der Waals surface area contributed by atoms with Crippen molar-refractivity contribution < 1.29 is 9.84 Å². The number of benzene rings is 1. The average molecular weight is 219 g/mol. The predicted molar refractivity (Wildman–Crippen MR) is 56.8 cm³/mol. The lowest BCUT2D eigenvalue weighted by Gasteiger charge is -2.09. The van der Waals surface area contributed by atoms with Crippen LogP contribution < -0.4 is 4.74 Å². The number of hydrogen-bond donors (Lipinski definition) is 2. The van der Waals surface area contributed by atoms with Crippen molar-refractivity contribution in [2.24, 2.45) is 0 Å². The summed E-state index contributed by atoms with van der Waals surface area (Å²) in [5.41, 5.74) is 0.751. The van der Waals surface area contributed by atoms with Gasteiger partial charge in [0.1, 0.15) is 5.75 Å². The standard InChI is InChI=1S/C9H11ClO2S/c1-12-9-3-2-6(4-7(9)10)8(11)5-13/h2-4,8,11,13H,5H2,1H3. The minimum absolute atomic E-state index is 0.378. The van der Waals surface area contributed by atoms with Crippen LogP contribution in [-0.4, -0.2) is 18.0 Å². The topological polar surface area (TPSA) is 29.5 Å². The summed E-state index contributed by atoms with van der Waals surface area (Å²) in [4.78, 5) is 0. The predicted octanol–water partition coefficient (Wildman–Crippen LogP) is 2.31. The summed E-state index contributed by atoms with van der Waals surface area (Å²) in [5, 5.41) is 9.94. The number of ether oxygens (including phenoxy) is 1. The summed E-state index contributed by atoms with van der Waals surface area (Å²) < 4.78 is 4.98. The molecule has 0 aliphatic rings. The van der Waals surface area contributed by atoms with E-state index in [9.17, 15) is 5.11 Å². The highest BCUT2D eigenvalue weighted by Crippen LogP contribution is 2.27. The Labute approximate surface area is 87.9 Å². The fourth-order valence-electron chi connectivity index (χ4n) is 0.995. The zero-order valence-corrected chi connectivity index (χ0v) is 8.85. The monoisotopic (exact) mass is 218 g/mol. The highest BCUT2D eigenvalue weighted by molar-refractivity contribution is 7.80. The van der Waals surface area contributed by atoms with Gasteiger partial charge in [-0.05, 0) is 17.7 Å². The van der Waals surface area contributed by atoms with E-state index in [1.807, 2.05) is 0 Å². The van der Waals surface area contributed by atoms with Gasteiger partial charge in [0.15, 0.2) is 0 Å². The third-order valence-electron chi connectivity index (χ3n) is 1.73. The molecule has 1 N–H and O–H groups in total. The van der Waals surface area contributed by atoms with E-state index >= 15 is 0 Å². The molecule has 0 aliphatic heterocycles. The molecule has 1 atom stereocenters. The second-order valence-electron chi connectivity index (χ2n) is 2.59. The van der Waals surface area contributed by atoms with Gasteiger partial charge in [-0.15, -0.1) is 0 Å². The fraction of sp³-hybridized carbons (Fsp3) is 0.333. The number of aliphatic hydroxyl groups excluding tert-OH is 1. The van der Waals surface area contributed by atoms with Gasteiger partial charge in [-0.3, -0.25) is 0 Å². The Hall–Kier alpha value is -0.380. The van der Waals surface area contributed by atoms with Crippen molar-refractivity contribution in [2.75, 3.05) is 12.9 Å². The molecule has 1 aromatic rings. The van der Waals surface area contributed by atoms with Crippen molar-refractivity contribution in [3.8, 4) is 5.75 Å². The van der Waals surface area contributed by atoms with E-state index in [0.717, 1.165) is 5.56 Å². The van der Waals surface area contributed by atoms with Crippen LogP contribution in [0.3, 0.4) is 0 Å². The van der Waals surface area contributed by atoms with Crippen LogP contribution in [0.15, 0.2) is 18.2 Å². The summed E-state index contributed by atoms with van der Waals surface area (Å²) in [6, 6.07) is 5.18. The van der Waals surface area contributed by atoms with Crippen molar-refractivity contribution in [3.05, 3.63) is 28.8 Å². The van der Waals surface area contributed by atoms with Gasteiger partial charge in [-0.2, -0.15) is 12.6 Å². The quantitative estimate of drug-likeness (QED) is 0.763. The maximum Gasteiger partial charge on any atom is 0.137 e. The summed E-state index contributed by atoms with van der Waals surface area (Å²) in [7, 11) is 1.55. The third kappa shape index (κ3) is 2.53. The summed E-state index contributed by atoms with van der Waals surface area (Å²) in [5.74, 6) is 0.986. The SMILES string of the molecule is COc1ccc(C(O)CS)cc1Cl. The first-order valence-electron chi connectivity index (χ1n) is 3.81. The van der Waals surface area contributed by atoms with Gasteiger partial charge in [-0.1, -0.05) is 17.7 Å². The van der Waals surface area contributed by atoms with Crippen LogP contribution in [0.1, 0.15) is 11.7 Å². The van der Waals surface area contributed by atoms with E-state index in [1.165, 1.54) is 0 Å². The Kier molecular flexibility index (Phi) is 3.90. The van der Waals surface area contributed by atoms with Crippen LogP contribution >= 0.6 is 24.2 Å². The number of rotatable bonds is 3. The third-order valence-corrected chi connectivity index (χ3v) is 2.37. The fourth-order valence-corrected chi connectivity index (χ4v) is 1.47. The van der Waals surface area contributed by atoms with Crippen molar-refractivity contribution in [1.29, 1.82) is 0 Å². The van der Waals surface area contributed by atoms with E-state index in [2.05, 4.69) is 12.6 Å². The normalized spacial score (nSPS) is 12.6. The molecule has 0 saturated heterocycles. The Morgan fingerprint density at radius 2 is 2.31 bits per heavy atom. The molecule has 0 amide bonds. The number of halogens is 1. The molecule has 0 bridgehead atoms. The Morgan fingerprint density at radius 3 is 2.77 bits per heavy atom. The van der Waals surface area contributed by atoms with Gasteiger partial charge in [0.25, 0.3) is 0 Å². The molecule has 1 unspecified atom stereocenters. The van der Waals surface area contributed by atoms with Crippen LogP contribution in [-0.2, 0) is 0 Å². The molecule has 72 valence electrons. The van der Waals surface area contributed by atoms with Gasteiger partial charge in [0.2, 0.25) is 0 Å². The van der Waals surface area contributed by atoms with Crippen LogP contribution in [0.25, 0.3) is 0 Å². The van der Waals surface area contributed by atoms with Gasteiger partial charge >= 0.3 is 0 Å². The number of aliphatic hydroxyl groups is 1. The highest BCUT2D eigenvalue weighted by Gasteiger charge is 2.07. The summed E-state index contributed by atoms with van der Waals surface area (Å²) in [6.45, 7) is 0. The van der Waals surface area contributed by atoms with E-state index in [-0.39, 0.29) is 0 Å². The lowest BCUT2D eigenvalue weighted by molar-refractivity contribution is 0.204. The molecule has 0 aliphatic carbocycles. The van der Waals surface area contributed by atoms with Crippen LogP contribution in [0, 0.1) is 0 Å². The molecule has 0 saturated carbocycles. The van der Waals surface area contributed by atoms with Crippen molar-refractivity contribution in [1.82, 2.24) is 0 Å². The highest BCUT2D eigenvalue weighted by atomic mass is 35.5. The van der Waals surface area contributed by atoms with E-state index < -0.39 is 6.10 Å². The second-order valence-corrected chi connectivity index (χ2v) is 3.36. The molecule has 0 spiro atoms. The molecule has 13 heavy (non-hydrogen) atoms. The van der Waals surface area contributed by atoms with E-state index in [0.29, 0.717) is 16.5 Å². The molecule has 0 heterocycles. The summed E-state index contributed by atoms with van der Waals surface area (Å²) in [6.07, 6.45) is -0.577. The number of hydrogen-bond acceptors (Lipinski definition) is 3. The van der Waals surface area contributed by atoms with Crippen LogP contribution in [0.4, 0.5) is 0 Å². The first kappa shape index (κ1) is 10.7. The van der Waals surface area contributed by atoms with Gasteiger partial charge in [0.05, 0.1) is 18.2 Å². The average Bonchev–Trinajstić information content (AvgIpc) is 2.16. The van der Waals surface area contributed by atoms with Gasteiger partial charge in [-0.25, -0.2) is 0 Å². The molecule has 0 radical (unpaired) electrons. The second kappa shape index (κ2) is 4.74. The largest absolute Gasteiger partial charge is 0.495 e. The lowest BCUT2D eigenvalue weighted by Crippen LogP contribution is -1.98. The number of methoxy groups -OCH3 is 1. The lowest BCUT2D eigenvalue weighted by atomic mass is 10.1. The first-order chi connectivity index (χ1) is 6.19. The molecule has 1 rings (SSSR count). The number of thiol groups is 1. The first-order valence-corrected chi connectivity index (χ1v) is 4.82. The van der Waals surface area contributed by atoms with E-state index in [1.54, 1.807) is 25.3 Å². The molecule has 0 fully saturated rings. The minimum Gasteiger partial charge on any atom is -0.495 e. The summed E-state index contributed by atoms with van der Waals surface area (Å²) >= 11 is 9.86. The van der Waals surface area contributed by atoms with E-state index in [4.69, 9.17) is 16.3 Å². The molecule has 1 aromatic carbocycles. The molecular formula is C9H11ClO2S. The molecule has 0 aromatic heterocycles. The molecular weight excluding hydrogens is 208 g/mol. The zero-order chi connectivity index (χ0) is 9.84. The zero-order valence-electron chi connectivity index (χ0n) is 7.20. The maximum absolute atomic E-state index is 9.44. The minimum atomic E-state index is -0.577. The van der Waals surface area contributed by atoms with Crippen molar-refractivity contribution in [3.63, 3.8) is 0 Å². The van der Waals surface area contributed by atoms with Crippen molar-refractivity contribution >= 4 is 24.2 Å². The van der Waals surface area contributed by atoms with Gasteiger partial charge < -0.3 is 9.84 Å². The van der Waals surface area contributed by atoms with Gasteiger partial charge in [0, 0.05) is 5.75 Å². The smallest absolute Gasteiger partial charge is 0.137 e. The van der Waals surface area contributed by atoms with Crippen molar-refractivity contribution in [2.45, 2.75) is 6.10 Å².